The Labute approximate surface area is 118 Å². The first kappa shape index (κ1) is 18.1. The number of carbonyl (C=O) groups is 2. The van der Waals surface area contributed by atoms with Crippen LogP contribution in [0.1, 0.15) is 72.6 Å². The van der Waals surface area contributed by atoms with E-state index in [9.17, 15) is 9.59 Å². The van der Waals surface area contributed by atoms with Gasteiger partial charge in [-0.3, -0.25) is 9.59 Å². The van der Waals surface area contributed by atoms with Gasteiger partial charge in [0.05, 0.1) is 12.5 Å². The van der Waals surface area contributed by atoms with Crippen molar-refractivity contribution in [3.8, 4) is 0 Å². The van der Waals surface area contributed by atoms with E-state index in [0.29, 0.717) is 19.4 Å². The molecule has 0 aliphatic rings. The Balaban J connectivity index is 4.25. The summed E-state index contributed by atoms with van der Waals surface area (Å²) < 4.78 is 5.33. The normalized spacial score (nSPS) is 13.9. The number of Topliss-reactive ketones (excluding diaryl/α,β-unsaturated/α-hetero) is 1. The van der Waals surface area contributed by atoms with Crippen LogP contribution in [0, 0.1) is 11.8 Å². The highest BCUT2D eigenvalue weighted by Crippen LogP contribution is 2.23. The van der Waals surface area contributed by atoms with E-state index in [1.54, 1.807) is 0 Å². The van der Waals surface area contributed by atoms with Crippen LogP contribution in [0.3, 0.4) is 0 Å². The van der Waals surface area contributed by atoms with Gasteiger partial charge in [-0.1, -0.05) is 47.0 Å². The Morgan fingerprint density at radius 3 is 2.00 bits per heavy atom. The molecular weight excluding hydrogens is 240 g/mol. The lowest BCUT2D eigenvalue weighted by Crippen LogP contribution is -2.30. The Bertz CT molecular complexity index is 261. The first-order valence-electron chi connectivity index (χ1n) is 7.81. The minimum atomic E-state index is -0.261. The number of hydrogen-bond donors (Lipinski definition) is 0. The molecule has 2 atom stereocenters. The maximum atomic E-state index is 12.1. The molecule has 0 N–H and O–H groups in total. The van der Waals surface area contributed by atoms with Gasteiger partial charge >= 0.3 is 5.97 Å². The van der Waals surface area contributed by atoms with Crippen molar-refractivity contribution in [2.45, 2.75) is 72.6 Å². The average Bonchev–Trinajstić information content (AvgIpc) is 2.43. The van der Waals surface area contributed by atoms with E-state index in [2.05, 4.69) is 6.92 Å². The molecule has 3 heteroatoms. The molecule has 0 aromatic heterocycles. The third-order valence-corrected chi connectivity index (χ3v) is 3.67. The van der Waals surface area contributed by atoms with Gasteiger partial charge in [-0.25, -0.2) is 0 Å². The van der Waals surface area contributed by atoms with Crippen molar-refractivity contribution in [3.05, 3.63) is 0 Å². The number of ether oxygens (including phenoxy) is 1. The molecule has 0 fully saturated rings. The first-order chi connectivity index (χ1) is 9.12. The molecule has 0 aliphatic carbocycles. The number of ketones is 1. The fourth-order valence-electron chi connectivity index (χ4n) is 2.42. The van der Waals surface area contributed by atoms with Gasteiger partial charge in [0, 0.05) is 12.3 Å². The minimum absolute atomic E-state index is 0.168. The van der Waals surface area contributed by atoms with Gasteiger partial charge in [-0.2, -0.15) is 0 Å². The minimum Gasteiger partial charge on any atom is -0.465 e. The molecule has 0 amide bonds. The third-order valence-electron chi connectivity index (χ3n) is 3.67. The predicted octanol–water partition coefficient (Wildman–Crippen LogP) is 4.14. The fraction of sp³-hybridized carbons (Fsp3) is 0.875. The second-order valence-corrected chi connectivity index (χ2v) is 5.08. The summed E-state index contributed by atoms with van der Waals surface area (Å²) >= 11 is 0. The highest BCUT2D eigenvalue weighted by molar-refractivity contribution is 5.86. The lowest BCUT2D eigenvalue weighted by Gasteiger charge is -2.22. The molecule has 0 saturated heterocycles. The standard InChI is InChI=1S/C16H30O3/c1-5-9-10-11-12-19-16(18)14(7-3)13(6-2)15(17)8-4/h13-14H,5-12H2,1-4H3. The Kier molecular flexibility index (Phi) is 10.5. The summed E-state index contributed by atoms with van der Waals surface area (Å²) in [4.78, 5) is 23.9. The molecule has 0 aliphatic heterocycles. The van der Waals surface area contributed by atoms with Crippen LogP contribution in [-0.2, 0) is 14.3 Å². The van der Waals surface area contributed by atoms with E-state index in [1.165, 1.54) is 12.8 Å². The largest absolute Gasteiger partial charge is 0.465 e. The number of unbranched alkanes of at least 4 members (excludes halogenated alkanes) is 3. The zero-order valence-corrected chi connectivity index (χ0v) is 13.0. The Morgan fingerprint density at radius 2 is 1.53 bits per heavy atom. The van der Waals surface area contributed by atoms with Gasteiger partial charge in [-0.05, 0) is 19.3 Å². The SMILES string of the molecule is CCCCCCOC(=O)C(CC)C(CC)C(=O)CC. The summed E-state index contributed by atoms with van der Waals surface area (Å²) in [5, 5.41) is 0. The maximum absolute atomic E-state index is 12.1. The third kappa shape index (κ3) is 6.74. The van der Waals surface area contributed by atoms with Crippen LogP contribution in [0.25, 0.3) is 0 Å². The van der Waals surface area contributed by atoms with Crippen LogP contribution in [0.5, 0.6) is 0 Å². The maximum Gasteiger partial charge on any atom is 0.309 e. The van der Waals surface area contributed by atoms with Crippen LogP contribution < -0.4 is 0 Å². The molecule has 3 nitrogen and oxygen atoms in total. The van der Waals surface area contributed by atoms with Crippen molar-refractivity contribution in [3.63, 3.8) is 0 Å². The van der Waals surface area contributed by atoms with Gasteiger partial charge in [0.15, 0.2) is 0 Å². The summed E-state index contributed by atoms with van der Waals surface area (Å²) in [6.07, 6.45) is 6.28. The van der Waals surface area contributed by atoms with Crippen molar-refractivity contribution >= 4 is 11.8 Å². The van der Waals surface area contributed by atoms with Gasteiger partial charge in [0.1, 0.15) is 5.78 Å². The molecule has 0 aromatic carbocycles. The van der Waals surface area contributed by atoms with Gasteiger partial charge in [0.25, 0.3) is 0 Å². The molecule has 0 aromatic rings. The summed E-state index contributed by atoms with van der Waals surface area (Å²) in [5.41, 5.74) is 0. The molecule has 0 bridgehead atoms. The molecule has 0 heterocycles. The summed E-state index contributed by atoms with van der Waals surface area (Å²) in [7, 11) is 0. The van der Waals surface area contributed by atoms with Crippen molar-refractivity contribution in [1.29, 1.82) is 0 Å². The zero-order chi connectivity index (χ0) is 14.7. The van der Waals surface area contributed by atoms with Crippen molar-refractivity contribution in [2.75, 3.05) is 6.61 Å². The highest BCUT2D eigenvalue weighted by Gasteiger charge is 2.30. The van der Waals surface area contributed by atoms with Crippen molar-refractivity contribution in [1.82, 2.24) is 0 Å². The van der Waals surface area contributed by atoms with E-state index in [1.807, 2.05) is 20.8 Å². The molecule has 0 spiro atoms. The number of hydrogen-bond acceptors (Lipinski definition) is 3. The van der Waals surface area contributed by atoms with Crippen molar-refractivity contribution < 1.29 is 14.3 Å². The van der Waals surface area contributed by atoms with E-state index in [-0.39, 0.29) is 23.6 Å². The second-order valence-electron chi connectivity index (χ2n) is 5.08. The lowest BCUT2D eigenvalue weighted by molar-refractivity contribution is -0.153. The van der Waals surface area contributed by atoms with Crippen LogP contribution in [-0.4, -0.2) is 18.4 Å². The first-order valence-corrected chi connectivity index (χ1v) is 7.81. The smallest absolute Gasteiger partial charge is 0.309 e. The Hall–Kier alpha value is -0.860. The average molecular weight is 270 g/mol. The fourth-order valence-corrected chi connectivity index (χ4v) is 2.42. The van der Waals surface area contributed by atoms with Crippen molar-refractivity contribution in [2.24, 2.45) is 11.8 Å². The summed E-state index contributed by atoms with van der Waals surface area (Å²) in [6.45, 7) is 8.42. The zero-order valence-electron chi connectivity index (χ0n) is 13.0. The monoisotopic (exact) mass is 270 g/mol. The molecule has 2 unspecified atom stereocenters. The summed E-state index contributed by atoms with van der Waals surface area (Å²) in [6, 6.07) is 0. The molecule has 0 radical (unpaired) electrons. The van der Waals surface area contributed by atoms with E-state index < -0.39 is 0 Å². The van der Waals surface area contributed by atoms with E-state index in [0.717, 1.165) is 19.3 Å². The van der Waals surface area contributed by atoms with Crippen LogP contribution in [0.4, 0.5) is 0 Å². The molecule has 0 rings (SSSR count). The second kappa shape index (κ2) is 11.0. The molecule has 0 saturated carbocycles. The van der Waals surface area contributed by atoms with Crippen LogP contribution in [0.2, 0.25) is 0 Å². The number of esters is 1. The van der Waals surface area contributed by atoms with Gasteiger partial charge in [-0.15, -0.1) is 0 Å². The van der Waals surface area contributed by atoms with Crippen LogP contribution in [0.15, 0.2) is 0 Å². The number of carbonyl (C=O) groups excluding carboxylic acids is 2. The van der Waals surface area contributed by atoms with Gasteiger partial charge < -0.3 is 4.74 Å². The molecular formula is C16H30O3. The van der Waals surface area contributed by atoms with Gasteiger partial charge in [0.2, 0.25) is 0 Å². The highest BCUT2D eigenvalue weighted by atomic mass is 16.5. The summed E-state index contributed by atoms with van der Waals surface area (Å²) in [5.74, 6) is -0.438. The van der Waals surface area contributed by atoms with Crippen LogP contribution >= 0.6 is 0 Å². The predicted molar refractivity (Wildman–Crippen MR) is 78.0 cm³/mol. The molecule has 19 heavy (non-hydrogen) atoms. The Morgan fingerprint density at radius 1 is 0.895 bits per heavy atom. The lowest BCUT2D eigenvalue weighted by atomic mass is 9.84. The number of rotatable bonds is 11. The van der Waals surface area contributed by atoms with E-state index >= 15 is 0 Å². The van der Waals surface area contributed by atoms with E-state index in [4.69, 9.17) is 4.74 Å². The molecule has 112 valence electrons. The quantitative estimate of drug-likeness (QED) is 0.418. The topological polar surface area (TPSA) is 43.4 Å².